The molecule has 0 bridgehead atoms. The van der Waals surface area contributed by atoms with E-state index in [0.717, 1.165) is 35.8 Å². The van der Waals surface area contributed by atoms with Gasteiger partial charge >= 0.3 is 0 Å². The number of halogens is 1. The van der Waals surface area contributed by atoms with Crippen LogP contribution in [0.2, 0.25) is 0 Å². The molecule has 3 heterocycles. The zero-order chi connectivity index (χ0) is 17.4. The summed E-state index contributed by atoms with van der Waals surface area (Å²) in [6.45, 7) is 4.10. The monoisotopic (exact) mass is 361 g/mol. The summed E-state index contributed by atoms with van der Waals surface area (Å²) in [6, 6.07) is 6.63. The zero-order valence-electron chi connectivity index (χ0n) is 14.2. The van der Waals surface area contributed by atoms with Gasteiger partial charge in [0, 0.05) is 12.0 Å². The number of quaternary nitrogens is 1. The van der Waals surface area contributed by atoms with Crippen molar-refractivity contribution in [1.29, 1.82) is 0 Å². The molecule has 2 aromatic heterocycles. The topological polar surface area (TPSA) is 54.9 Å². The summed E-state index contributed by atoms with van der Waals surface area (Å²) in [4.78, 5) is 7.48. The van der Waals surface area contributed by atoms with Crippen molar-refractivity contribution in [2.45, 2.75) is 38.6 Å². The number of rotatable bonds is 4. The molecular weight excluding hydrogens is 339 g/mol. The van der Waals surface area contributed by atoms with Crippen LogP contribution >= 0.6 is 11.3 Å². The molecular formula is C18H22FN4OS+. The van der Waals surface area contributed by atoms with Crippen LogP contribution < -0.4 is 4.90 Å². The molecule has 7 heteroatoms. The number of thiazole rings is 1. The van der Waals surface area contributed by atoms with Crippen molar-refractivity contribution < 1.29 is 14.4 Å². The first kappa shape index (κ1) is 16.5. The fourth-order valence-corrected chi connectivity index (χ4v) is 4.81. The molecule has 0 saturated carbocycles. The molecule has 1 aliphatic rings. The van der Waals surface area contributed by atoms with Crippen molar-refractivity contribution in [2.24, 2.45) is 0 Å². The number of fused-ring (bicyclic) bond motifs is 1. The molecule has 0 radical (unpaired) electrons. The third-order valence-corrected chi connectivity index (χ3v) is 6.01. The van der Waals surface area contributed by atoms with Crippen LogP contribution in [0.3, 0.4) is 0 Å². The highest BCUT2D eigenvalue weighted by atomic mass is 32.1. The molecule has 1 saturated heterocycles. The molecule has 4 rings (SSSR count). The Morgan fingerprint density at radius 3 is 2.60 bits per heavy atom. The molecule has 1 aromatic carbocycles. The van der Waals surface area contributed by atoms with Crippen LogP contribution in [0.1, 0.15) is 48.5 Å². The minimum atomic E-state index is -0.240. The van der Waals surface area contributed by atoms with Crippen LogP contribution in [0.25, 0.3) is 4.96 Å². The summed E-state index contributed by atoms with van der Waals surface area (Å²) in [5.74, 6) is 0.659. The van der Waals surface area contributed by atoms with Gasteiger partial charge in [-0.1, -0.05) is 18.3 Å². The summed E-state index contributed by atoms with van der Waals surface area (Å²) in [5.41, 5.74) is 1.02. The van der Waals surface area contributed by atoms with Crippen LogP contribution in [0.15, 0.2) is 24.3 Å². The molecule has 25 heavy (non-hydrogen) atoms. The van der Waals surface area contributed by atoms with E-state index in [2.05, 4.69) is 10.1 Å². The van der Waals surface area contributed by atoms with E-state index in [4.69, 9.17) is 0 Å². The summed E-state index contributed by atoms with van der Waals surface area (Å²) in [7, 11) is 0. The van der Waals surface area contributed by atoms with Crippen LogP contribution in [0.4, 0.5) is 4.39 Å². The number of aromatic hydroxyl groups is 1. The highest BCUT2D eigenvalue weighted by molar-refractivity contribution is 7.17. The molecule has 0 unspecified atom stereocenters. The lowest BCUT2D eigenvalue weighted by atomic mass is 10.0. The SMILES string of the molecule is CCc1nc2sc([C@H](c3ccc(F)cc3)[NH+]3CCCCC3)c(O)n2n1. The second-order valence-electron chi connectivity index (χ2n) is 6.57. The number of aryl methyl sites for hydroxylation is 1. The zero-order valence-corrected chi connectivity index (χ0v) is 15.0. The van der Waals surface area contributed by atoms with Gasteiger partial charge in [0.05, 0.1) is 13.1 Å². The van der Waals surface area contributed by atoms with Gasteiger partial charge in [-0.25, -0.2) is 9.37 Å². The molecule has 2 N–H and O–H groups in total. The number of hydrogen-bond donors (Lipinski definition) is 2. The maximum atomic E-state index is 13.4. The lowest BCUT2D eigenvalue weighted by Crippen LogP contribution is -3.13. The Labute approximate surface area is 149 Å². The summed E-state index contributed by atoms with van der Waals surface area (Å²) < 4.78 is 14.9. The van der Waals surface area contributed by atoms with Crippen molar-refractivity contribution in [3.05, 3.63) is 46.3 Å². The van der Waals surface area contributed by atoms with Gasteiger partial charge in [0.2, 0.25) is 10.8 Å². The molecule has 0 amide bonds. The Morgan fingerprint density at radius 1 is 1.24 bits per heavy atom. The standard InChI is InChI=1S/C18H21FN4OS/c1-2-14-20-18-23(21-14)17(24)16(25-18)15(22-10-4-3-5-11-22)12-6-8-13(19)9-7-12/h6-9,15,24H,2-5,10-11H2,1H3/p+1/t15-/m0/s1. The van der Waals surface area contributed by atoms with E-state index >= 15 is 0 Å². The van der Waals surface area contributed by atoms with Crippen molar-refractivity contribution in [3.63, 3.8) is 0 Å². The van der Waals surface area contributed by atoms with Crippen molar-refractivity contribution in [2.75, 3.05) is 13.1 Å². The van der Waals surface area contributed by atoms with Gasteiger partial charge in [-0.3, -0.25) is 0 Å². The molecule has 1 fully saturated rings. The first-order chi connectivity index (χ1) is 12.2. The minimum absolute atomic E-state index is 0.0144. The predicted octanol–water partition coefficient (Wildman–Crippen LogP) is 2.36. The average molecular weight is 361 g/mol. The van der Waals surface area contributed by atoms with Crippen LogP contribution in [0, 0.1) is 5.82 Å². The van der Waals surface area contributed by atoms with E-state index in [-0.39, 0.29) is 17.7 Å². The molecule has 0 aliphatic carbocycles. The smallest absolute Gasteiger partial charge is 0.235 e. The van der Waals surface area contributed by atoms with Crippen LogP contribution in [-0.2, 0) is 6.42 Å². The predicted molar refractivity (Wildman–Crippen MR) is 94.7 cm³/mol. The van der Waals surface area contributed by atoms with Crippen LogP contribution in [0.5, 0.6) is 5.88 Å². The van der Waals surface area contributed by atoms with Gasteiger partial charge in [0.1, 0.15) is 10.7 Å². The Kier molecular flexibility index (Phi) is 4.43. The number of hydrogen-bond acceptors (Lipinski definition) is 4. The highest BCUT2D eigenvalue weighted by Crippen LogP contribution is 2.35. The second-order valence-corrected chi connectivity index (χ2v) is 7.58. The van der Waals surface area contributed by atoms with Gasteiger partial charge in [0.15, 0.2) is 11.9 Å². The molecule has 5 nitrogen and oxygen atoms in total. The quantitative estimate of drug-likeness (QED) is 0.750. The maximum absolute atomic E-state index is 13.4. The van der Waals surface area contributed by atoms with E-state index < -0.39 is 0 Å². The van der Waals surface area contributed by atoms with Crippen LogP contribution in [-0.4, -0.2) is 32.8 Å². The van der Waals surface area contributed by atoms with Gasteiger partial charge in [0.25, 0.3) is 0 Å². The van der Waals surface area contributed by atoms with Gasteiger partial charge in [-0.05, 0) is 43.5 Å². The van der Waals surface area contributed by atoms with Crippen molar-refractivity contribution in [3.8, 4) is 5.88 Å². The third kappa shape index (κ3) is 3.02. The minimum Gasteiger partial charge on any atom is -0.492 e. The van der Waals surface area contributed by atoms with Crippen molar-refractivity contribution >= 4 is 16.3 Å². The summed E-state index contributed by atoms with van der Waals surface area (Å²) in [5, 5.41) is 15.2. The van der Waals surface area contributed by atoms with E-state index in [1.807, 2.05) is 19.1 Å². The number of benzene rings is 1. The summed E-state index contributed by atoms with van der Waals surface area (Å²) >= 11 is 1.49. The third-order valence-electron chi connectivity index (χ3n) is 4.93. The van der Waals surface area contributed by atoms with Gasteiger partial charge in [-0.2, -0.15) is 4.52 Å². The Balaban J connectivity index is 1.80. The molecule has 1 aliphatic heterocycles. The van der Waals surface area contributed by atoms with E-state index in [1.54, 1.807) is 4.52 Å². The molecule has 3 aromatic rings. The van der Waals surface area contributed by atoms with Gasteiger partial charge in [-0.15, -0.1) is 5.10 Å². The van der Waals surface area contributed by atoms with E-state index in [9.17, 15) is 9.50 Å². The number of piperidine rings is 1. The fraction of sp³-hybridized carbons (Fsp3) is 0.444. The maximum Gasteiger partial charge on any atom is 0.235 e. The number of nitrogens with one attached hydrogen (secondary N) is 1. The first-order valence-corrected chi connectivity index (χ1v) is 9.66. The fourth-order valence-electron chi connectivity index (χ4n) is 3.65. The number of aromatic nitrogens is 3. The van der Waals surface area contributed by atoms with E-state index in [0.29, 0.717) is 4.96 Å². The molecule has 0 spiro atoms. The molecule has 132 valence electrons. The largest absolute Gasteiger partial charge is 0.492 e. The lowest BCUT2D eigenvalue weighted by molar-refractivity contribution is -0.929. The van der Waals surface area contributed by atoms with E-state index in [1.165, 1.54) is 47.6 Å². The molecule has 1 atom stereocenters. The van der Waals surface area contributed by atoms with Crippen molar-refractivity contribution in [1.82, 2.24) is 14.6 Å². The first-order valence-electron chi connectivity index (χ1n) is 8.84. The highest BCUT2D eigenvalue weighted by Gasteiger charge is 2.33. The summed E-state index contributed by atoms with van der Waals surface area (Å²) in [6.07, 6.45) is 4.34. The Morgan fingerprint density at radius 2 is 1.96 bits per heavy atom. The Bertz CT molecular complexity index is 867. The normalized spacial score (nSPS) is 17.2. The average Bonchev–Trinajstić information content (AvgIpc) is 3.18. The lowest BCUT2D eigenvalue weighted by Gasteiger charge is -2.31. The number of likely N-dealkylation sites (tertiary alicyclic amines) is 1. The van der Waals surface area contributed by atoms with Gasteiger partial charge < -0.3 is 10.0 Å². The Hall–Kier alpha value is -1.99. The second kappa shape index (κ2) is 6.72. The number of nitrogens with zero attached hydrogens (tertiary/aromatic N) is 3.